The molecule has 3 aliphatic heterocycles. The van der Waals surface area contributed by atoms with Gasteiger partial charge < -0.3 is 18.8 Å². The van der Waals surface area contributed by atoms with E-state index in [1.54, 1.807) is 12.1 Å². The molecule has 0 N–H and O–H groups in total. The fourth-order valence-corrected chi connectivity index (χ4v) is 7.41. The first-order chi connectivity index (χ1) is 14.9. The van der Waals surface area contributed by atoms with Gasteiger partial charge in [0.25, 0.3) is 5.91 Å². The number of hydrogen-bond acceptors (Lipinski definition) is 6. The number of nitrogens with zero attached hydrogens (tertiary/aromatic N) is 2. The van der Waals surface area contributed by atoms with Crippen LogP contribution in [-0.2, 0) is 14.3 Å². The summed E-state index contributed by atoms with van der Waals surface area (Å²) in [4.78, 5) is 29.6. The molecule has 7 atom stereocenters. The van der Waals surface area contributed by atoms with E-state index in [0.717, 1.165) is 19.5 Å². The van der Waals surface area contributed by atoms with Crippen LogP contribution in [0, 0.1) is 23.2 Å². The van der Waals surface area contributed by atoms with E-state index in [9.17, 15) is 9.59 Å². The highest BCUT2D eigenvalue weighted by Crippen LogP contribution is 2.70. The minimum absolute atomic E-state index is 0.00440. The van der Waals surface area contributed by atoms with Crippen LogP contribution in [0.25, 0.3) is 0 Å². The molecule has 0 aromatic carbocycles. The quantitative estimate of drug-likeness (QED) is 0.544. The van der Waals surface area contributed by atoms with Crippen LogP contribution in [0.1, 0.15) is 50.1 Å². The van der Waals surface area contributed by atoms with E-state index in [-0.39, 0.29) is 46.9 Å². The van der Waals surface area contributed by atoms with E-state index in [2.05, 4.69) is 18.7 Å². The second-order valence-corrected chi connectivity index (χ2v) is 10.6. The van der Waals surface area contributed by atoms with Gasteiger partial charge in [0, 0.05) is 44.1 Å². The molecule has 3 saturated heterocycles. The Morgan fingerprint density at radius 1 is 1.26 bits per heavy atom. The number of carbonyl (C=O) groups is 2. The number of furan rings is 1. The number of carbonyl (C=O) groups excluding carboxylic acids is 2. The Labute approximate surface area is 183 Å². The Kier molecular flexibility index (Phi) is 4.35. The fraction of sp³-hybridized carbons (Fsp3) is 0.750. The molecule has 1 aromatic heterocycles. The van der Waals surface area contributed by atoms with Crippen molar-refractivity contribution in [3.8, 4) is 0 Å². The molecule has 1 amide bonds. The maximum absolute atomic E-state index is 12.9. The molecule has 1 aromatic rings. The summed E-state index contributed by atoms with van der Waals surface area (Å²) in [6, 6.07) is 3.44. The maximum Gasteiger partial charge on any atom is 0.311 e. The topological polar surface area (TPSA) is 75.5 Å². The zero-order valence-electron chi connectivity index (χ0n) is 18.4. The van der Waals surface area contributed by atoms with Crippen LogP contribution in [0.4, 0.5) is 0 Å². The Bertz CT molecular complexity index is 879. The van der Waals surface area contributed by atoms with Crippen molar-refractivity contribution in [3.63, 3.8) is 0 Å². The number of hydrogen-bond donors (Lipinski definition) is 0. The highest BCUT2D eigenvalue weighted by atomic mass is 16.6. The van der Waals surface area contributed by atoms with Crippen molar-refractivity contribution in [1.29, 1.82) is 0 Å². The van der Waals surface area contributed by atoms with Crippen LogP contribution in [0.3, 0.4) is 0 Å². The average molecular weight is 429 g/mol. The summed E-state index contributed by atoms with van der Waals surface area (Å²) in [6.07, 6.45) is 6.25. The largest absolute Gasteiger partial charge is 0.462 e. The van der Waals surface area contributed by atoms with Crippen LogP contribution >= 0.6 is 0 Å². The maximum atomic E-state index is 12.9. The van der Waals surface area contributed by atoms with Gasteiger partial charge in [0.15, 0.2) is 5.76 Å². The molecule has 7 nitrogen and oxygen atoms in total. The summed E-state index contributed by atoms with van der Waals surface area (Å²) in [6.45, 7) is 8.21. The molecular formula is C24H32N2O5. The van der Waals surface area contributed by atoms with Gasteiger partial charge in [-0.25, -0.2) is 0 Å². The lowest BCUT2D eigenvalue weighted by Gasteiger charge is -2.49. The molecule has 0 radical (unpaired) electrons. The lowest BCUT2D eigenvalue weighted by Crippen LogP contribution is -2.55. The van der Waals surface area contributed by atoms with Crippen LogP contribution < -0.4 is 0 Å². The van der Waals surface area contributed by atoms with E-state index in [1.165, 1.54) is 25.5 Å². The summed E-state index contributed by atoms with van der Waals surface area (Å²) in [5, 5.41) is 0. The number of fused-ring (bicyclic) bond motifs is 2. The Balaban J connectivity index is 1.13. The summed E-state index contributed by atoms with van der Waals surface area (Å²) in [5.41, 5.74) is 0.0797. The third-order valence-electron chi connectivity index (χ3n) is 9.04. The SMILES string of the molecule is C[C@H]1CCC[C@]2(C)C[C@H]3OC(=O)C(CN4CCN(C(=O)c5ccco5)CC4)[C@H]3[C@@H]3O[C@@]132. The first-order valence-electron chi connectivity index (χ1n) is 11.9. The summed E-state index contributed by atoms with van der Waals surface area (Å²) >= 11 is 0. The minimum Gasteiger partial charge on any atom is -0.462 e. The predicted octanol–water partition coefficient (Wildman–Crippen LogP) is 2.56. The van der Waals surface area contributed by atoms with Gasteiger partial charge in [0.1, 0.15) is 11.7 Å². The number of epoxide rings is 1. The minimum atomic E-state index is -0.125. The first-order valence-corrected chi connectivity index (χ1v) is 11.9. The van der Waals surface area contributed by atoms with Crippen LogP contribution in [0.5, 0.6) is 0 Å². The van der Waals surface area contributed by atoms with Gasteiger partial charge in [0.05, 0.1) is 18.3 Å². The second-order valence-electron chi connectivity index (χ2n) is 10.6. The Hall–Kier alpha value is -1.86. The van der Waals surface area contributed by atoms with Gasteiger partial charge in [-0.1, -0.05) is 20.3 Å². The zero-order chi connectivity index (χ0) is 21.4. The highest BCUT2D eigenvalue weighted by Gasteiger charge is 2.78. The van der Waals surface area contributed by atoms with E-state index in [0.29, 0.717) is 31.3 Å². The number of esters is 1. The van der Waals surface area contributed by atoms with Gasteiger partial charge in [-0.2, -0.15) is 0 Å². The van der Waals surface area contributed by atoms with Gasteiger partial charge >= 0.3 is 5.97 Å². The average Bonchev–Trinajstić information content (AvgIpc) is 3.13. The van der Waals surface area contributed by atoms with Gasteiger partial charge in [0.2, 0.25) is 0 Å². The standard InChI is InChI=1S/C24H32N2O5/c1-15-5-3-7-23(2)13-18-19(20-24(15,23)31-20)16(22(28)30-18)14-25-8-10-26(11-9-25)21(27)17-6-4-12-29-17/h4,6,12,15-16,18-20H,3,5,7-11,13-14H2,1-2H3/t15-,16?,18+,19+,20-,23+,24-/m0/s1. The van der Waals surface area contributed by atoms with Crippen molar-refractivity contribution < 1.29 is 23.5 Å². The smallest absolute Gasteiger partial charge is 0.311 e. The lowest BCUT2D eigenvalue weighted by molar-refractivity contribution is -0.146. The number of rotatable bonds is 3. The molecule has 31 heavy (non-hydrogen) atoms. The molecule has 1 spiro atoms. The molecule has 5 aliphatic rings. The van der Waals surface area contributed by atoms with Gasteiger partial charge in [-0.3, -0.25) is 14.5 Å². The molecule has 7 heteroatoms. The third kappa shape index (κ3) is 2.78. The van der Waals surface area contributed by atoms with Crippen LogP contribution in [0.15, 0.2) is 22.8 Å². The summed E-state index contributed by atoms with van der Waals surface area (Å²) < 4.78 is 17.7. The normalized spacial score (nSPS) is 44.3. The van der Waals surface area contributed by atoms with Crippen LogP contribution in [0.2, 0.25) is 0 Å². The van der Waals surface area contributed by atoms with Crippen molar-refractivity contribution in [1.82, 2.24) is 9.80 Å². The first kappa shape index (κ1) is 19.8. The van der Waals surface area contributed by atoms with E-state index in [4.69, 9.17) is 13.9 Å². The molecule has 0 bridgehead atoms. The summed E-state index contributed by atoms with van der Waals surface area (Å²) in [7, 11) is 0. The van der Waals surface area contributed by atoms with E-state index < -0.39 is 0 Å². The van der Waals surface area contributed by atoms with Crippen molar-refractivity contribution >= 4 is 11.9 Å². The van der Waals surface area contributed by atoms with Gasteiger partial charge in [-0.15, -0.1) is 0 Å². The molecule has 6 rings (SSSR count). The molecule has 2 aliphatic carbocycles. The highest BCUT2D eigenvalue weighted by molar-refractivity contribution is 5.91. The van der Waals surface area contributed by atoms with Crippen LogP contribution in [-0.4, -0.2) is 72.2 Å². The number of ether oxygens (including phenoxy) is 2. The zero-order valence-corrected chi connectivity index (χ0v) is 18.4. The monoisotopic (exact) mass is 428 g/mol. The Morgan fingerprint density at radius 2 is 2.06 bits per heavy atom. The van der Waals surface area contributed by atoms with Crippen molar-refractivity contribution in [3.05, 3.63) is 24.2 Å². The number of amides is 1. The predicted molar refractivity (Wildman–Crippen MR) is 111 cm³/mol. The van der Waals surface area contributed by atoms with Crippen molar-refractivity contribution in [2.45, 2.75) is 57.3 Å². The summed E-state index contributed by atoms with van der Waals surface area (Å²) in [5.74, 6) is 0.869. The Morgan fingerprint density at radius 3 is 2.81 bits per heavy atom. The molecule has 5 fully saturated rings. The number of piperazine rings is 1. The lowest BCUT2D eigenvalue weighted by atomic mass is 9.53. The molecule has 168 valence electrons. The van der Waals surface area contributed by atoms with Crippen molar-refractivity contribution in [2.75, 3.05) is 32.7 Å². The molecule has 1 unspecified atom stereocenters. The van der Waals surface area contributed by atoms with Crippen molar-refractivity contribution in [2.24, 2.45) is 23.2 Å². The fourth-order valence-electron chi connectivity index (χ4n) is 7.41. The molecular weight excluding hydrogens is 396 g/mol. The van der Waals surface area contributed by atoms with E-state index >= 15 is 0 Å². The van der Waals surface area contributed by atoms with E-state index in [1.807, 2.05) is 4.90 Å². The van der Waals surface area contributed by atoms with Gasteiger partial charge in [-0.05, 0) is 37.3 Å². The second kappa shape index (κ2) is 6.82. The molecule has 2 saturated carbocycles. The third-order valence-corrected chi connectivity index (χ3v) is 9.04. The molecule has 4 heterocycles.